The largest absolute Gasteiger partial charge is 0.469 e. The maximum atomic E-state index is 11.6. The number of rotatable bonds is 6. The van der Waals surface area contributed by atoms with E-state index in [1.165, 1.54) is 26.4 Å². The van der Waals surface area contributed by atoms with Crippen LogP contribution in [0.1, 0.15) is 51.9 Å². The molecule has 1 rings (SSSR count). The van der Waals surface area contributed by atoms with E-state index >= 15 is 0 Å². The molecule has 0 amide bonds. The van der Waals surface area contributed by atoms with Gasteiger partial charge < -0.3 is 9.94 Å². The second-order valence-corrected chi connectivity index (χ2v) is 4.72. The number of ether oxygens (including phenoxy) is 1. The molecular weight excluding hydrogens is 218 g/mol. The minimum absolute atomic E-state index is 0.0873. The van der Waals surface area contributed by atoms with Crippen molar-refractivity contribution >= 4 is 11.7 Å². The van der Waals surface area contributed by atoms with Gasteiger partial charge in [0.2, 0.25) is 0 Å². The molecule has 1 saturated carbocycles. The molecule has 1 fully saturated rings. The second kappa shape index (κ2) is 7.30. The zero-order valence-corrected chi connectivity index (χ0v) is 10.8. The van der Waals surface area contributed by atoms with Crippen LogP contribution in [-0.2, 0) is 9.53 Å². The number of unbranched alkanes of at least 4 members (excludes halogenated alkanes) is 3. The third-order valence-electron chi connectivity index (χ3n) is 3.63. The molecule has 4 nitrogen and oxygen atoms in total. The minimum Gasteiger partial charge on any atom is -0.469 e. The van der Waals surface area contributed by atoms with Gasteiger partial charge in [-0.3, -0.25) is 4.79 Å². The average Bonchev–Trinajstić information content (AvgIpc) is 2.76. The van der Waals surface area contributed by atoms with Gasteiger partial charge in [0, 0.05) is 5.92 Å². The second-order valence-electron chi connectivity index (χ2n) is 4.72. The van der Waals surface area contributed by atoms with E-state index < -0.39 is 0 Å². The first kappa shape index (κ1) is 14.0. The van der Waals surface area contributed by atoms with Gasteiger partial charge in [-0.05, 0) is 19.3 Å². The van der Waals surface area contributed by atoms with E-state index in [1.807, 2.05) is 0 Å². The predicted molar refractivity (Wildman–Crippen MR) is 66.2 cm³/mol. The molecule has 0 unspecified atom stereocenters. The van der Waals surface area contributed by atoms with Crippen LogP contribution in [0.15, 0.2) is 5.16 Å². The summed E-state index contributed by atoms with van der Waals surface area (Å²) in [4.78, 5) is 11.6. The standard InChI is InChI=1S/C13H23NO3/c1-3-4-5-6-7-10-11(13(15)17-2)8-9-12(10)14-16/h10-11,16H,3-9H2,1-2H3/b14-12-/t10-,11-/m0/s1. The zero-order valence-electron chi connectivity index (χ0n) is 10.8. The highest BCUT2D eigenvalue weighted by Crippen LogP contribution is 2.34. The molecule has 98 valence electrons. The number of methoxy groups -OCH3 is 1. The van der Waals surface area contributed by atoms with Gasteiger partial charge in [-0.15, -0.1) is 0 Å². The van der Waals surface area contributed by atoms with Crippen molar-refractivity contribution in [1.29, 1.82) is 0 Å². The van der Waals surface area contributed by atoms with Crippen molar-refractivity contribution in [3.05, 3.63) is 0 Å². The summed E-state index contributed by atoms with van der Waals surface area (Å²) < 4.78 is 4.81. The normalized spacial score (nSPS) is 26.4. The van der Waals surface area contributed by atoms with Crippen molar-refractivity contribution < 1.29 is 14.7 Å². The van der Waals surface area contributed by atoms with E-state index in [0.29, 0.717) is 6.42 Å². The molecule has 17 heavy (non-hydrogen) atoms. The molecule has 0 aliphatic heterocycles. The predicted octanol–water partition coefficient (Wildman–Crippen LogP) is 2.99. The molecule has 0 radical (unpaired) electrons. The lowest BCUT2D eigenvalue weighted by Crippen LogP contribution is -2.23. The van der Waals surface area contributed by atoms with E-state index in [9.17, 15) is 4.79 Å². The molecule has 0 bridgehead atoms. The fraction of sp³-hybridized carbons (Fsp3) is 0.846. The number of nitrogens with zero attached hydrogens (tertiary/aromatic N) is 1. The molecule has 1 aliphatic carbocycles. The third kappa shape index (κ3) is 3.72. The van der Waals surface area contributed by atoms with Crippen LogP contribution in [0, 0.1) is 11.8 Å². The van der Waals surface area contributed by atoms with Crippen LogP contribution in [0.25, 0.3) is 0 Å². The van der Waals surface area contributed by atoms with Crippen molar-refractivity contribution in [2.75, 3.05) is 7.11 Å². The van der Waals surface area contributed by atoms with Crippen molar-refractivity contribution in [3.63, 3.8) is 0 Å². The number of hydrogen-bond acceptors (Lipinski definition) is 4. The van der Waals surface area contributed by atoms with Crippen molar-refractivity contribution in [3.8, 4) is 0 Å². The quantitative estimate of drug-likeness (QED) is 0.336. The maximum absolute atomic E-state index is 11.6. The number of carbonyl (C=O) groups is 1. The van der Waals surface area contributed by atoms with Gasteiger partial charge >= 0.3 is 5.97 Å². The van der Waals surface area contributed by atoms with E-state index in [2.05, 4.69) is 12.1 Å². The highest BCUT2D eigenvalue weighted by Gasteiger charge is 2.38. The summed E-state index contributed by atoms with van der Waals surface area (Å²) in [5, 5.41) is 12.3. The number of carbonyl (C=O) groups excluding carboxylic acids is 1. The van der Waals surface area contributed by atoms with Crippen LogP contribution in [-0.4, -0.2) is 24.0 Å². The Hall–Kier alpha value is -1.06. The summed E-state index contributed by atoms with van der Waals surface area (Å²) in [5.74, 6) is -0.180. The Labute approximate surface area is 103 Å². The average molecular weight is 241 g/mol. The number of oxime groups is 1. The summed E-state index contributed by atoms with van der Waals surface area (Å²) in [6, 6.07) is 0. The van der Waals surface area contributed by atoms with Gasteiger partial charge in [0.05, 0.1) is 18.7 Å². The number of esters is 1. The van der Waals surface area contributed by atoms with Crippen LogP contribution >= 0.6 is 0 Å². The molecule has 0 aromatic carbocycles. The highest BCUT2D eigenvalue weighted by molar-refractivity contribution is 5.93. The Bertz CT molecular complexity index is 276. The third-order valence-corrected chi connectivity index (χ3v) is 3.63. The molecule has 0 heterocycles. The van der Waals surface area contributed by atoms with Gasteiger partial charge in [-0.25, -0.2) is 0 Å². The lowest BCUT2D eigenvalue weighted by Gasteiger charge is -2.17. The van der Waals surface area contributed by atoms with Crippen molar-refractivity contribution in [1.82, 2.24) is 0 Å². The monoisotopic (exact) mass is 241 g/mol. The van der Waals surface area contributed by atoms with Crippen LogP contribution in [0.4, 0.5) is 0 Å². The number of hydrogen-bond donors (Lipinski definition) is 1. The van der Waals surface area contributed by atoms with E-state index in [0.717, 1.165) is 25.0 Å². The Morgan fingerprint density at radius 1 is 1.47 bits per heavy atom. The fourth-order valence-electron chi connectivity index (χ4n) is 2.64. The van der Waals surface area contributed by atoms with Gasteiger partial charge in [0.15, 0.2) is 0 Å². The summed E-state index contributed by atoms with van der Waals surface area (Å²) in [6.07, 6.45) is 7.09. The SMILES string of the molecule is CCCCCC[C@@H]1/C(=N\O)CC[C@@H]1C(=O)OC. The van der Waals surface area contributed by atoms with Gasteiger partial charge in [0.25, 0.3) is 0 Å². The smallest absolute Gasteiger partial charge is 0.309 e. The van der Waals surface area contributed by atoms with Crippen LogP contribution in [0.5, 0.6) is 0 Å². The zero-order chi connectivity index (χ0) is 12.7. The van der Waals surface area contributed by atoms with E-state index in [-0.39, 0.29) is 17.8 Å². The first-order valence-electron chi connectivity index (χ1n) is 6.53. The molecule has 0 saturated heterocycles. The van der Waals surface area contributed by atoms with E-state index in [1.54, 1.807) is 0 Å². The first-order chi connectivity index (χ1) is 8.24. The molecule has 2 atom stereocenters. The summed E-state index contributed by atoms with van der Waals surface area (Å²) in [5.41, 5.74) is 0.775. The van der Waals surface area contributed by atoms with Crippen LogP contribution < -0.4 is 0 Å². The Kier molecular flexibility index (Phi) is 6.01. The maximum Gasteiger partial charge on any atom is 0.309 e. The van der Waals surface area contributed by atoms with E-state index in [4.69, 9.17) is 9.94 Å². The van der Waals surface area contributed by atoms with Crippen LogP contribution in [0.3, 0.4) is 0 Å². The fourth-order valence-corrected chi connectivity index (χ4v) is 2.64. The molecule has 0 aromatic rings. The van der Waals surface area contributed by atoms with Crippen molar-refractivity contribution in [2.24, 2.45) is 17.0 Å². The molecule has 1 aliphatic rings. The van der Waals surface area contributed by atoms with Gasteiger partial charge in [-0.1, -0.05) is 37.8 Å². The minimum atomic E-state index is -0.163. The van der Waals surface area contributed by atoms with Crippen LogP contribution in [0.2, 0.25) is 0 Å². The molecule has 0 aromatic heterocycles. The van der Waals surface area contributed by atoms with Crippen molar-refractivity contribution in [2.45, 2.75) is 51.9 Å². The summed E-state index contributed by atoms with van der Waals surface area (Å²) in [6.45, 7) is 2.17. The Balaban J connectivity index is 2.52. The summed E-state index contributed by atoms with van der Waals surface area (Å²) in [7, 11) is 1.42. The molecule has 4 heteroatoms. The molecule has 0 spiro atoms. The summed E-state index contributed by atoms with van der Waals surface area (Å²) >= 11 is 0. The van der Waals surface area contributed by atoms with Gasteiger partial charge in [0.1, 0.15) is 0 Å². The Morgan fingerprint density at radius 2 is 2.24 bits per heavy atom. The van der Waals surface area contributed by atoms with Gasteiger partial charge in [-0.2, -0.15) is 0 Å². The highest BCUT2D eigenvalue weighted by atomic mass is 16.5. The lowest BCUT2D eigenvalue weighted by molar-refractivity contribution is -0.146. The first-order valence-corrected chi connectivity index (χ1v) is 6.53. The lowest BCUT2D eigenvalue weighted by atomic mass is 9.89. The molecule has 1 N–H and O–H groups in total. The molecular formula is C13H23NO3. The topological polar surface area (TPSA) is 58.9 Å². The Morgan fingerprint density at radius 3 is 2.82 bits per heavy atom.